The number of hydrogen-bond donors (Lipinski definition) is 0. The van der Waals surface area contributed by atoms with Gasteiger partial charge in [0.05, 0.1) is 0 Å². The molecule has 0 bridgehead atoms. The van der Waals surface area contributed by atoms with Crippen molar-refractivity contribution in [2.75, 3.05) is 6.61 Å². The van der Waals surface area contributed by atoms with E-state index >= 15 is 0 Å². The van der Waals surface area contributed by atoms with Gasteiger partial charge in [0.25, 0.3) is 0 Å². The fourth-order valence-electron chi connectivity index (χ4n) is 1.13. The van der Waals surface area contributed by atoms with Crippen LogP contribution in [-0.4, -0.2) is 24.3 Å². The van der Waals surface area contributed by atoms with Crippen LogP contribution in [0.25, 0.3) is 0 Å². The summed E-state index contributed by atoms with van der Waals surface area (Å²) in [4.78, 5) is 22.1. The summed E-state index contributed by atoms with van der Waals surface area (Å²) >= 11 is 0. The van der Waals surface area contributed by atoms with Gasteiger partial charge in [-0.25, -0.2) is 0 Å². The van der Waals surface area contributed by atoms with Crippen molar-refractivity contribution in [3.8, 4) is 12.3 Å². The highest BCUT2D eigenvalue weighted by Gasteiger charge is 2.28. The Balaban J connectivity index is 4.61. The standard InChI is InChI=1S/C10H14O3/c1-5-9(13-6-2)10(7(3)11)8(4)12/h1,9-10H,6H2,2-4H3. The molecule has 3 heteroatoms. The van der Waals surface area contributed by atoms with Gasteiger partial charge in [0.2, 0.25) is 0 Å². The molecule has 0 heterocycles. The van der Waals surface area contributed by atoms with E-state index in [4.69, 9.17) is 11.2 Å². The van der Waals surface area contributed by atoms with Crippen LogP contribution in [0.5, 0.6) is 0 Å². The lowest BCUT2D eigenvalue weighted by atomic mass is 9.94. The Hall–Kier alpha value is -1.14. The van der Waals surface area contributed by atoms with E-state index in [2.05, 4.69) is 5.92 Å². The molecule has 0 aliphatic carbocycles. The summed E-state index contributed by atoms with van der Waals surface area (Å²) in [5.74, 6) is 0.994. The minimum atomic E-state index is -0.815. The Morgan fingerprint density at radius 1 is 1.38 bits per heavy atom. The zero-order valence-corrected chi connectivity index (χ0v) is 8.16. The first-order valence-corrected chi connectivity index (χ1v) is 4.13. The van der Waals surface area contributed by atoms with Gasteiger partial charge >= 0.3 is 0 Å². The second kappa shape index (κ2) is 5.50. The Labute approximate surface area is 78.5 Å². The predicted octanol–water partition coefficient (Wildman–Crippen LogP) is 0.819. The van der Waals surface area contributed by atoms with E-state index in [0.717, 1.165) is 0 Å². The first kappa shape index (κ1) is 11.9. The normalized spacial score (nSPS) is 12.2. The molecule has 13 heavy (non-hydrogen) atoms. The molecule has 0 aromatic rings. The van der Waals surface area contributed by atoms with E-state index < -0.39 is 12.0 Å². The minimum Gasteiger partial charge on any atom is -0.365 e. The van der Waals surface area contributed by atoms with E-state index in [1.165, 1.54) is 13.8 Å². The summed E-state index contributed by atoms with van der Waals surface area (Å²) in [6, 6.07) is 0. The zero-order valence-electron chi connectivity index (χ0n) is 8.16. The minimum absolute atomic E-state index is 0.246. The van der Waals surface area contributed by atoms with Crippen molar-refractivity contribution < 1.29 is 14.3 Å². The average molecular weight is 182 g/mol. The fourth-order valence-corrected chi connectivity index (χ4v) is 1.13. The number of carbonyl (C=O) groups is 2. The Bertz CT molecular complexity index is 223. The third-order valence-corrected chi connectivity index (χ3v) is 1.69. The second-order valence-electron chi connectivity index (χ2n) is 2.74. The van der Waals surface area contributed by atoms with Gasteiger partial charge in [-0.05, 0) is 20.8 Å². The monoisotopic (exact) mass is 182 g/mol. The molecule has 0 N–H and O–H groups in total. The van der Waals surface area contributed by atoms with Crippen LogP contribution in [0.15, 0.2) is 0 Å². The van der Waals surface area contributed by atoms with Crippen molar-refractivity contribution in [1.82, 2.24) is 0 Å². The van der Waals surface area contributed by atoms with Crippen LogP contribution < -0.4 is 0 Å². The maximum absolute atomic E-state index is 11.1. The summed E-state index contributed by atoms with van der Waals surface area (Å²) in [6.45, 7) is 4.85. The predicted molar refractivity (Wildman–Crippen MR) is 49.1 cm³/mol. The topological polar surface area (TPSA) is 43.4 Å². The number of ketones is 2. The van der Waals surface area contributed by atoms with E-state index in [9.17, 15) is 9.59 Å². The second-order valence-corrected chi connectivity index (χ2v) is 2.74. The zero-order chi connectivity index (χ0) is 10.4. The van der Waals surface area contributed by atoms with Gasteiger partial charge in [0.1, 0.15) is 23.6 Å². The van der Waals surface area contributed by atoms with E-state index in [0.29, 0.717) is 6.61 Å². The lowest BCUT2D eigenvalue weighted by Gasteiger charge is -2.17. The van der Waals surface area contributed by atoms with Crippen LogP contribution in [0.4, 0.5) is 0 Å². The Kier molecular flexibility index (Phi) is 5.01. The SMILES string of the molecule is C#CC(OCC)C(C(C)=O)C(C)=O. The molecule has 1 unspecified atom stereocenters. The van der Waals surface area contributed by atoms with E-state index in [-0.39, 0.29) is 11.6 Å². The Morgan fingerprint density at radius 2 is 1.85 bits per heavy atom. The first-order valence-electron chi connectivity index (χ1n) is 4.13. The van der Waals surface area contributed by atoms with Crippen molar-refractivity contribution in [3.05, 3.63) is 0 Å². The molecule has 0 aliphatic heterocycles. The van der Waals surface area contributed by atoms with Crippen LogP contribution in [0.3, 0.4) is 0 Å². The van der Waals surface area contributed by atoms with Gasteiger partial charge in [0.15, 0.2) is 0 Å². The summed E-state index contributed by atoms with van der Waals surface area (Å²) in [6.07, 6.45) is 4.43. The molecule has 0 radical (unpaired) electrons. The fraction of sp³-hybridized carbons (Fsp3) is 0.600. The largest absolute Gasteiger partial charge is 0.365 e. The lowest BCUT2D eigenvalue weighted by molar-refractivity contribution is -0.134. The quantitative estimate of drug-likeness (QED) is 0.467. The van der Waals surface area contributed by atoms with Crippen molar-refractivity contribution >= 4 is 11.6 Å². The molecular formula is C10H14O3. The molecule has 0 aromatic carbocycles. The molecule has 0 rings (SSSR count). The van der Waals surface area contributed by atoms with Crippen molar-refractivity contribution in [2.24, 2.45) is 5.92 Å². The van der Waals surface area contributed by atoms with Crippen LogP contribution >= 0.6 is 0 Å². The number of rotatable bonds is 5. The highest BCUT2D eigenvalue weighted by molar-refractivity contribution is 6.01. The van der Waals surface area contributed by atoms with Crippen LogP contribution in [0, 0.1) is 18.3 Å². The van der Waals surface area contributed by atoms with Crippen LogP contribution in [-0.2, 0) is 14.3 Å². The molecule has 3 nitrogen and oxygen atoms in total. The number of carbonyl (C=O) groups excluding carboxylic acids is 2. The highest BCUT2D eigenvalue weighted by atomic mass is 16.5. The smallest absolute Gasteiger partial charge is 0.143 e. The summed E-state index contributed by atoms with van der Waals surface area (Å²) in [5.41, 5.74) is 0. The molecular weight excluding hydrogens is 168 g/mol. The molecule has 0 fully saturated rings. The van der Waals surface area contributed by atoms with Crippen LogP contribution in [0.1, 0.15) is 20.8 Å². The number of terminal acetylenes is 1. The van der Waals surface area contributed by atoms with Crippen molar-refractivity contribution in [3.63, 3.8) is 0 Å². The molecule has 0 aliphatic rings. The Morgan fingerprint density at radius 3 is 2.08 bits per heavy atom. The van der Waals surface area contributed by atoms with Gasteiger partial charge in [-0.1, -0.05) is 5.92 Å². The van der Waals surface area contributed by atoms with Crippen molar-refractivity contribution in [1.29, 1.82) is 0 Å². The first-order chi connectivity index (χ1) is 6.04. The molecule has 0 aromatic heterocycles. The summed E-state index contributed by atoms with van der Waals surface area (Å²) in [7, 11) is 0. The summed E-state index contributed by atoms with van der Waals surface area (Å²) < 4.78 is 5.10. The molecule has 0 amide bonds. The van der Waals surface area contributed by atoms with E-state index in [1.807, 2.05) is 0 Å². The number of hydrogen-bond acceptors (Lipinski definition) is 3. The maximum Gasteiger partial charge on any atom is 0.143 e. The molecule has 0 saturated carbocycles. The van der Waals surface area contributed by atoms with Gasteiger partial charge < -0.3 is 4.74 Å². The third-order valence-electron chi connectivity index (χ3n) is 1.69. The third kappa shape index (κ3) is 3.39. The van der Waals surface area contributed by atoms with Crippen molar-refractivity contribution in [2.45, 2.75) is 26.9 Å². The highest BCUT2D eigenvalue weighted by Crippen LogP contribution is 2.10. The molecule has 0 saturated heterocycles. The summed E-state index contributed by atoms with van der Waals surface area (Å²) in [5, 5.41) is 0. The molecule has 1 atom stereocenters. The maximum atomic E-state index is 11.1. The van der Waals surface area contributed by atoms with Gasteiger partial charge in [-0.2, -0.15) is 0 Å². The molecule has 72 valence electrons. The van der Waals surface area contributed by atoms with Gasteiger partial charge in [-0.3, -0.25) is 9.59 Å². The van der Waals surface area contributed by atoms with Gasteiger partial charge in [0, 0.05) is 6.61 Å². The van der Waals surface area contributed by atoms with E-state index in [1.54, 1.807) is 6.92 Å². The lowest BCUT2D eigenvalue weighted by Crippen LogP contribution is -2.33. The number of ether oxygens (including phenoxy) is 1. The molecule has 0 spiro atoms. The average Bonchev–Trinajstić information content (AvgIpc) is 2.02. The number of Topliss-reactive ketones (excluding diaryl/α,β-unsaturated/α-hetero) is 2. The van der Waals surface area contributed by atoms with Gasteiger partial charge in [-0.15, -0.1) is 6.42 Å². The van der Waals surface area contributed by atoms with Crippen LogP contribution in [0.2, 0.25) is 0 Å².